The van der Waals surface area contributed by atoms with Crippen molar-refractivity contribution in [3.63, 3.8) is 0 Å². The maximum Gasteiger partial charge on any atom is 0.175 e. The Balaban J connectivity index is 2.91. The lowest BCUT2D eigenvalue weighted by molar-refractivity contribution is 0.243. The molecule has 0 heterocycles. The molecule has 108 valence electrons. The number of rotatable bonds is 7. The maximum absolute atomic E-state index is 5.87. The topological polar surface area (TPSA) is 44.5 Å². The molecule has 0 saturated carbocycles. The van der Waals surface area contributed by atoms with Gasteiger partial charge in [-0.2, -0.15) is 0 Å². The summed E-state index contributed by atoms with van der Waals surface area (Å²) in [5.74, 6) is 2.06. The van der Waals surface area contributed by atoms with E-state index in [0.717, 1.165) is 34.4 Å². The van der Waals surface area contributed by atoms with E-state index in [1.807, 2.05) is 13.0 Å². The molecule has 2 atom stereocenters. The van der Waals surface area contributed by atoms with Crippen LogP contribution < -0.4 is 15.2 Å². The third-order valence-corrected chi connectivity index (χ3v) is 3.65. The molecule has 0 radical (unpaired) electrons. The lowest BCUT2D eigenvalue weighted by Crippen LogP contribution is -2.18. The van der Waals surface area contributed by atoms with Crippen molar-refractivity contribution in [2.24, 2.45) is 11.7 Å². The van der Waals surface area contributed by atoms with Gasteiger partial charge in [0, 0.05) is 6.04 Å². The molecule has 1 aromatic rings. The summed E-state index contributed by atoms with van der Waals surface area (Å²) in [7, 11) is 1.66. The molecule has 0 amide bonds. The predicted octanol–water partition coefficient (Wildman–Crippen LogP) is 3.77. The third-order valence-electron chi connectivity index (χ3n) is 3.06. The zero-order valence-electron chi connectivity index (χ0n) is 12.2. The smallest absolute Gasteiger partial charge is 0.175 e. The Morgan fingerprint density at radius 1 is 1.32 bits per heavy atom. The molecular weight excluding hydrogens is 306 g/mol. The van der Waals surface area contributed by atoms with E-state index in [1.165, 1.54) is 0 Å². The second-order valence-electron chi connectivity index (χ2n) is 5.11. The minimum atomic E-state index is 0.128. The number of nitrogens with two attached hydrogens (primary N) is 1. The standard InChI is InChI=1S/C15H24BrNO2/c1-5-10(2)9-19-15-13(16)7-12(6-11(3)17)8-14(15)18-4/h7-8,10-11H,5-6,9,17H2,1-4H3. The molecule has 1 aromatic carbocycles. The molecule has 3 nitrogen and oxygen atoms in total. The Labute approximate surface area is 124 Å². The first-order chi connectivity index (χ1) is 8.97. The number of halogens is 1. The van der Waals surface area contributed by atoms with Crippen molar-refractivity contribution < 1.29 is 9.47 Å². The number of benzene rings is 1. The molecule has 0 bridgehead atoms. The predicted molar refractivity (Wildman–Crippen MR) is 83.0 cm³/mol. The summed E-state index contributed by atoms with van der Waals surface area (Å²) in [6.45, 7) is 7.02. The van der Waals surface area contributed by atoms with E-state index < -0.39 is 0 Å². The summed E-state index contributed by atoms with van der Waals surface area (Å²) < 4.78 is 12.2. The highest BCUT2D eigenvalue weighted by molar-refractivity contribution is 9.10. The fourth-order valence-electron chi connectivity index (χ4n) is 1.75. The van der Waals surface area contributed by atoms with Crippen LogP contribution >= 0.6 is 15.9 Å². The Morgan fingerprint density at radius 2 is 2.00 bits per heavy atom. The van der Waals surface area contributed by atoms with Crippen LogP contribution in [0.2, 0.25) is 0 Å². The van der Waals surface area contributed by atoms with Gasteiger partial charge in [0.2, 0.25) is 0 Å². The Hall–Kier alpha value is -0.740. The van der Waals surface area contributed by atoms with Gasteiger partial charge in [-0.25, -0.2) is 0 Å². The lowest BCUT2D eigenvalue weighted by atomic mass is 10.1. The molecule has 0 saturated heterocycles. The monoisotopic (exact) mass is 329 g/mol. The van der Waals surface area contributed by atoms with Crippen LogP contribution in [0, 0.1) is 5.92 Å². The molecule has 0 aliphatic heterocycles. The van der Waals surface area contributed by atoms with Crippen molar-refractivity contribution >= 4 is 15.9 Å². The van der Waals surface area contributed by atoms with Crippen molar-refractivity contribution in [1.82, 2.24) is 0 Å². The zero-order chi connectivity index (χ0) is 14.4. The summed E-state index contributed by atoms with van der Waals surface area (Å²) in [4.78, 5) is 0. The van der Waals surface area contributed by atoms with Gasteiger partial charge in [0.1, 0.15) is 0 Å². The SMILES string of the molecule is CCC(C)COc1c(Br)cc(CC(C)N)cc1OC. The van der Waals surface area contributed by atoms with Crippen LogP contribution in [0.3, 0.4) is 0 Å². The van der Waals surface area contributed by atoms with E-state index in [9.17, 15) is 0 Å². The van der Waals surface area contributed by atoms with Gasteiger partial charge >= 0.3 is 0 Å². The van der Waals surface area contributed by atoms with Gasteiger partial charge in [0.05, 0.1) is 18.2 Å². The summed E-state index contributed by atoms with van der Waals surface area (Å²) in [6.07, 6.45) is 1.92. The zero-order valence-corrected chi connectivity index (χ0v) is 13.8. The highest BCUT2D eigenvalue weighted by Gasteiger charge is 2.13. The fourth-order valence-corrected chi connectivity index (χ4v) is 2.35. The van der Waals surface area contributed by atoms with Crippen LogP contribution in [0.1, 0.15) is 32.8 Å². The second kappa shape index (κ2) is 7.75. The molecule has 0 fully saturated rings. The van der Waals surface area contributed by atoms with Crippen LogP contribution in [0.5, 0.6) is 11.5 Å². The van der Waals surface area contributed by atoms with Gasteiger partial charge < -0.3 is 15.2 Å². The van der Waals surface area contributed by atoms with Crippen LogP contribution in [-0.2, 0) is 6.42 Å². The molecule has 19 heavy (non-hydrogen) atoms. The van der Waals surface area contributed by atoms with Crippen LogP contribution in [0.4, 0.5) is 0 Å². The van der Waals surface area contributed by atoms with Gasteiger partial charge in [-0.3, -0.25) is 0 Å². The minimum absolute atomic E-state index is 0.128. The highest BCUT2D eigenvalue weighted by Crippen LogP contribution is 2.37. The lowest BCUT2D eigenvalue weighted by Gasteiger charge is -2.17. The Bertz CT molecular complexity index is 407. The number of hydrogen-bond donors (Lipinski definition) is 1. The molecule has 0 aliphatic carbocycles. The number of ether oxygens (including phenoxy) is 2. The van der Waals surface area contributed by atoms with Crippen molar-refractivity contribution in [3.8, 4) is 11.5 Å². The molecule has 4 heteroatoms. The maximum atomic E-state index is 5.87. The fraction of sp³-hybridized carbons (Fsp3) is 0.600. The van der Waals surface area contributed by atoms with Gasteiger partial charge in [-0.05, 0) is 52.9 Å². The summed E-state index contributed by atoms with van der Waals surface area (Å²) in [6, 6.07) is 4.18. The quantitative estimate of drug-likeness (QED) is 0.828. The molecule has 2 unspecified atom stereocenters. The first-order valence-electron chi connectivity index (χ1n) is 6.72. The molecular formula is C15H24BrNO2. The van der Waals surface area contributed by atoms with Crippen molar-refractivity contribution in [1.29, 1.82) is 0 Å². The second-order valence-corrected chi connectivity index (χ2v) is 5.97. The molecule has 0 spiro atoms. The molecule has 1 rings (SSSR count). The summed E-state index contributed by atoms with van der Waals surface area (Å²) in [5.41, 5.74) is 6.98. The Kier molecular flexibility index (Phi) is 6.66. The normalized spacial score (nSPS) is 14.0. The molecule has 0 aliphatic rings. The third kappa shape index (κ3) is 5.03. The van der Waals surface area contributed by atoms with Crippen molar-refractivity contribution in [2.75, 3.05) is 13.7 Å². The van der Waals surface area contributed by atoms with E-state index in [0.29, 0.717) is 12.5 Å². The van der Waals surface area contributed by atoms with Crippen molar-refractivity contribution in [3.05, 3.63) is 22.2 Å². The highest BCUT2D eigenvalue weighted by atomic mass is 79.9. The largest absolute Gasteiger partial charge is 0.493 e. The number of methoxy groups -OCH3 is 1. The van der Waals surface area contributed by atoms with Gasteiger partial charge in [0.15, 0.2) is 11.5 Å². The van der Waals surface area contributed by atoms with Crippen molar-refractivity contribution in [2.45, 2.75) is 39.7 Å². The van der Waals surface area contributed by atoms with Gasteiger partial charge in [-0.15, -0.1) is 0 Å². The van der Waals surface area contributed by atoms with E-state index in [-0.39, 0.29) is 6.04 Å². The Morgan fingerprint density at radius 3 is 2.53 bits per heavy atom. The van der Waals surface area contributed by atoms with Gasteiger partial charge in [-0.1, -0.05) is 20.3 Å². The average Bonchev–Trinajstić information content (AvgIpc) is 2.35. The van der Waals surface area contributed by atoms with Crippen LogP contribution in [-0.4, -0.2) is 19.8 Å². The molecule has 0 aromatic heterocycles. The van der Waals surface area contributed by atoms with E-state index in [2.05, 4.69) is 35.8 Å². The van der Waals surface area contributed by atoms with Crippen LogP contribution in [0.15, 0.2) is 16.6 Å². The van der Waals surface area contributed by atoms with E-state index >= 15 is 0 Å². The first-order valence-corrected chi connectivity index (χ1v) is 7.52. The van der Waals surface area contributed by atoms with E-state index in [1.54, 1.807) is 7.11 Å². The summed E-state index contributed by atoms with van der Waals surface area (Å²) >= 11 is 3.55. The average molecular weight is 330 g/mol. The molecule has 2 N–H and O–H groups in total. The summed E-state index contributed by atoms with van der Waals surface area (Å²) in [5, 5.41) is 0. The minimum Gasteiger partial charge on any atom is -0.493 e. The first kappa shape index (κ1) is 16.3. The van der Waals surface area contributed by atoms with Gasteiger partial charge in [0.25, 0.3) is 0 Å². The van der Waals surface area contributed by atoms with Crippen LogP contribution in [0.25, 0.3) is 0 Å². The number of hydrogen-bond acceptors (Lipinski definition) is 3. The van der Waals surface area contributed by atoms with E-state index in [4.69, 9.17) is 15.2 Å².